The molecule has 0 saturated heterocycles. The van der Waals surface area contributed by atoms with Crippen LogP contribution in [0.3, 0.4) is 0 Å². The third-order valence-corrected chi connectivity index (χ3v) is 6.42. The Balaban J connectivity index is 2.26. The first-order chi connectivity index (χ1) is 9.79. The van der Waals surface area contributed by atoms with Crippen LogP contribution in [0.4, 0.5) is 0 Å². The summed E-state index contributed by atoms with van der Waals surface area (Å²) in [6, 6.07) is 12.2. The minimum absolute atomic E-state index is 0.217. The standard InChI is InChI=1S/C14H12Br3NO2S/c1-9(10-2-4-11(15)5-3-10)18-21(19,20)14-7-6-12(16)8-13(14)17/h2-9,18H,1H3. The minimum Gasteiger partial charge on any atom is -0.207 e. The highest BCUT2D eigenvalue weighted by molar-refractivity contribution is 9.11. The minimum atomic E-state index is -3.59. The van der Waals surface area contributed by atoms with E-state index in [0.29, 0.717) is 4.47 Å². The molecule has 7 heteroatoms. The van der Waals surface area contributed by atoms with E-state index in [4.69, 9.17) is 0 Å². The molecule has 0 radical (unpaired) electrons. The molecule has 2 rings (SSSR count). The van der Waals surface area contributed by atoms with E-state index in [-0.39, 0.29) is 10.9 Å². The summed E-state index contributed by atoms with van der Waals surface area (Å²) in [5.74, 6) is 0. The summed E-state index contributed by atoms with van der Waals surface area (Å²) in [4.78, 5) is 0.217. The summed E-state index contributed by atoms with van der Waals surface area (Å²) in [7, 11) is -3.59. The predicted octanol–water partition coefficient (Wildman–Crippen LogP) is 5.01. The largest absolute Gasteiger partial charge is 0.242 e. The number of benzene rings is 2. The van der Waals surface area contributed by atoms with E-state index in [9.17, 15) is 8.42 Å². The van der Waals surface area contributed by atoms with Gasteiger partial charge >= 0.3 is 0 Å². The van der Waals surface area contributed by atoms with Gasteiger partial charge in [-0.25, -0.2) is 13.1 Å². The van der Waals surface area contributed by atoms with Crippen molar-refractivity contribution in [1.29, 1.82) is 0 Å². The first-order valence-corrected chi connectivity index (χ1v) is 9.88. The molecule has 0 aliphatic heterocycles. The van der Waals surface area contributed by atoms with Crippen LogP contribution < -0.4 is 4.72 Å². The molecule has 1 atom stereocenters. The van der Waals surface area contributed by atoms with Crippen molar-refractivity contribution in [3.63, 3.8) is 0 Å². The van der Waals surface area contributed by atoms with Crippen LogP contribution in [0.15, 0.2) is 60.8 Å². The molecule has 0 aliphatic rings. The van der Waals surface area contributed by atoms with E-state index in [1.807, 2.05) is 31.2 Å². The summed E-state index contributed by atoms with van der Waals surface area (Å²) in [5.41, 5.74) is 0.898. The zero-order chi connectivity index (χ0) is 15.6. The molecular weight excluding hydrogens is 486 g/mol. The van der Waals surface area contributed by atoms with Crippen molar-refractivity contribution in [2.45, 2.75) is 17.9 Å². The fourth-order valence-electron chi connectivity index (χ4n) is 1.81. The highest BCUT2D eigenvalue weighted by Gasteiger charge is 2.21. The van der Waals surface area contributed by atoms with Gasteiger partial charge in [-0.3, -0.25) is 0 Å². The van der Waals surface area contributed by atoms with Crippen molar-refractivity contribution < 1.29 is 8.42 Å². The number of halogens is 3. The van der Waals surface area contributed by atoms with Gasteiger partial charge in [0.25, 0.3) is 0 Å². The summed E-state index contributed by atoms with van der Waals surface area (Å²) < 4.78 is 29.9. The summed E-state index contributed by atoms with van der Waals surface area (Å²) in [6.07, 6.45) is 0. The van der Waals surface area contributed by atoms with Crippen LogP contribution in [0, 0.1) is 0 Å². The zero-order valence-corrected chi connectivity index (χ0v) is 16.6. The molecule has 1 N–H and O–H groups in total. The van der Waals surface area contributed by atoms with Gasteiger partial charge in [0, 0.05) is 19.5 Å². The summed E-state index contributed by atoms with van der Waals surface area (Å²) in [6.45, 7) is 1.81. The molecule has 0 bridgehead atoms. The van der Waals surface area contributed by atoms with Gasteiger partial charge in [-0.05, 0) is 58.7 Å². The second-order valence-corrected chi connectivity index (χ2v) is 8.84. The first kappa shape index (κ1) is 17.1. The Morgan fingerprint density at radius 3 is 2.10 bits per heavy atom. The van der Waals surface area contributed by atoms with Gasteiger partial charge in [-0.15, -0.1) is 0 Å². The Morgan fingerprint density at radius 2 is 1.52 bits per heavy atom. The summed E-state index contributed by atoms with van der Waals surface area (Å²) >= 11 is 9.95. The zero-order valence-electron chi connectivity index (χ0n) is 11.0. The van der Waals surface area contributed by atoms with Gasteiger partial charge in [0.2, 0.25) is 10.0 Å². The molecule has 0 fully saturated rings. The number of nitrogens with one attached hydrogen (secondary N) is 1. The predicted molar refractivity (Wildman–Crippen MR) is 94.7 cm³/mol. The van der Waals surface area contributed by atoms with E-state index in [1.54, 1.807) is 18.2 Å². The number of hydrogen-bond acceptors (Lipinski definition) is 2. The molecule has 2 aromatic rings. The van der Waals surface area contributed by atoms with Crippen LogP contribution in [-0.2, 0) is 10.0 Å². The van der Waals surface area contributed by atoms with E-state index >= 15 is 0 Å². The topological polar surface area (TPSA) is 46.2 Å². The van der Waals surface area contributed by atoms with Crippen molar-refractivity contribution in [1.82, 2.24) is 4.72 Å². The molecule has 3 nitrogen and oxygen atoms in total. The molecule has 2 aromatic carbocycles. The number of sulfonamides is 1. The van der Waals surface area contributed by atoms with Crippen LogP contribution >= 0.6 is 47.8 Å². The number of rotatable bonds is 4. The van der Waals surface area contributed by atoms with E-state index in [2.05, 4.69) is 52.5 Å². The van der Waals surface area contributed by atoms with Crippen LogP contribution in [0.25, 0.3) is 0 Å². The third-order valence-electron chi connectivity index (χ3n) is 2.89. The molecule has 0 saturated carbocycles. The van der Waals surface area contributed by atoms with Crippen LogP contribution in [0.1, 0.15) is 18.5 Å². The molecule has 0 spiro atoms. The Bertz CT molecular complexity index is 745. The average Bonchev–Trinajstić information content (AvgIpc) is 2.38. The Labute approximate surface area is 149 Å². The highest BCUT2D eigenvalue weighted by atomic mass is 79.9. The second-order valence-electron chi connectivity index (χ2n) is 4.47. The van der Waals surface area contributed by atoms with Crippen LogP contribution in [0.5, 0.6) is 0 Å². The van der Waals surface area contributed by atoms with Crippen molar-refractivity contribution >= 4 is 57.8 Å². The van der Waals surface area contributed by atoms with E-state index in [0.717, 1.165) is 14.5 Å². The Kier molecular flexibility index (Phi) is 5.65. The molecule has 0 heterocycles. The maximum absolute atomic E-state index is 12.4. The third kappa shape index (κ3) is 4.39. The molecule has 21 heavy (non-hydrogen) atoms. The lowest BCUT2D eigenvalue weighted by Crippen LogP contribution is -2.27. The fourth-order valence-corrected chi connectivity index (χ4v) is 5.05. The Morgan fingerprint density at radius 1 is 0.952 bits per heavy atom. The normalized spacial score (nSPS) is 13.1. The summed E-state index contributed by atoms with van der Waals surface area (Å²) in [5, 5.41) is 0. The lowest BCUT2D eigenvalue weighted by atomic mass is 10.1. The van der Waals surface area contributed by atoms with Crippen molar-refractivity contribution in [2.75, 3.05) is 0 Å². The molecule has 1 unspecified atom stereocenters. The van der Waals surface area contributed by atoms with Crippen molar-refractivity contribution in [2.24, 2.45) is 0 Å². The van der Waals surface area contributed by atoms with Crippen LogP contribution in [-0.4, -0.2) is 8.42 Å². The maximum atomic E-state index is 12.4. The number of hydrogen-bond donors (Lipinski definition) is 1. The quantitative estimate of drug-likeness (QED) is 0.645. The first-order valence-electron chi connectivity index (χ1n) is 6.02. The molecule has 0 aromatic heterocycles. The molecular formula is C14H12Br3NO2S. The van der Waals surface area contributed by atoms with Gasteiger partial charge in [-0.1, -0.05) is 44.0 Å². The van der Waals surface area contributed by atoms with Gasteiger partial charge < -0.3 is 0 Å². The molecule has 112 valence electrons. The van der Waals surface area contributed by atoms with E-state index in [1.165, 1.54) is 0 Å². The van der Waals surface area contributed by atoms with Crippen molar-refractivity contribution in [3.05, 3.63) is 61.4 Å². The van der Waals surface area contributed by atoms with Gasteiger partial charge in [0.15, 0.2) is 0 Å². The Hall–Kier alpha value is -0.210. The van der Waals surface area contributed by atoms with Crippen LogP contribution in [0.2, 0.25) is 0 Å². The lowest BCUT2D eigenvalue weighted by molar-refractivity contribution is 0.566. The average molecular weight is 498 g/mol. The van der Waals surface area contributed by atoms with Gasteiger partial charge in [0.05, 0.1) is 4.90 Å². The smallest absolute Gasteiger partial charge is 0.207 e. The van der Waals surface area contributed by atoms with Gasteiger partial charge in [-0.2, -0.15) is 0 Å². The fraction of sp³-hybridized carbons (Fsp3) is 0.143. The highest BCUT2D eigenvalue weighted by Crippen LogP contribution is 2.27. The molecule has 0 aliphatic carbocycles. The van der Waals surface area contributed by atoms with E-state index < -0.39 is 10.0 Å². The second kappa shape index (κ2) is 6.91. The molecule has 0 amide bonds. The van der Waals surface area contributed by atoms with Crippen molar-refractivity contribution in [3.8, 4) is 0 Å². The monoisotopic (exact) mass is 495 g/mol. The SMILES string of the molecule is CC(NS(=O)(=O)c1ccc(Br)cc1Br)c1ccc(Br)cc1. The van der Waals surface area contributed by atoms with Gasteiger partial charge in [0.1, 0.15) is 0 Å². The lowest BCUT2D eigenvalue weighted by Gasteiger charge is -2.15. The maximum Gasteiger partial charge on any atom is 0.242 e.